The second kappa shape index (κ2) is 10.7. The summed E-state index contributed by atoms with van der Waals surface area (Å²) in [5, 5.41) is 0. The molecular weight excluding hydrogens is 518 g/mol. The molecule has 0 radical (unpaired) electrons. The number of nitrogens with zero attached hydrogens (tertiary/aromatic N) is 3. The number of hydrogen-bond acceptors (Lipinski definition) is 5. The van der Waals surface area contributed by atoms with Crippen molar-refractivity contribution in [3.05, 3.63) is 59.4 Å². The lowest BCUT2D eigenvalue weighted by molar-refractivity contribution is -0.274. The molecule has 3 aliphatic rings. The van der Waals surface area contributed by atoms with Crippen LogP contribution >= 0.6 is 0 Å². The Labute approximate surface area is 224 Å². The lowest BCUT2D eigenvalue weighted by Crippen LogP contribution is -2.52. The second-order valence-electron chi connectivity index (χ2n) is 10.4. The lowest BCUT2D eigenvalue weighted by atomic mass is 9.74. The number of halogens is 4. The number of alkyl halides is 3. The molecule has 210 valence electrons. The van der Waals surface area contributed by atoms with E-state index >= 15 is 0 Å². The predicted molar refractivity (Wildman–Crippen MR) is 135 cm³/mol. The van der Waals surface area contributed by atoms with Gasteiger partial charge in [0.1, 0.15) is 11.6 Å². The van der Waals surface area contributed by atoms with Crippen molar-refractivity contribution in [2.45, 2.75) is 50.4 Å². The van der Waals surface area contributed by atoms with Gasteiger partial charge in [-0.2, -0.15) is 0 Å². The van der Waals surface area contributed by atoms with Crippen molar-refractivity contribution in [3.63, 3.8) is 0 Å². The Bertz CT molecular complexity index is 1200. The van der Waals surface area contributed by atoms with E-state index in [2.05, 4.69) is 9.64 Å². The Balaban J connectivity index is 1.28. The fraction of sp³-hybridized carbons (Fsp3) is 0.500. The molecule has 0 aromatic heterocycles. The van der Waals surface area contributed by atoms with Crippen molar-refractivity contribution in [2.75, 3.05) is 44.2 Å². The molecule has 3 heterocycles. The summed E-state index contributed by atoms with van der Waals surface area (Å²) < 4.78 is 61.0. The summed E-state index contributed by atoms with van der Waals surface area (Å²) in [7, 11) is 0. The Kier molecular flexibility index (Phi) is 7.45. The lowest BCUT2D eigenvalue weighted by Gasteiger charge is -2.45. The zero-order valence-corrected chi connectivity index (χ0v) is 21.7. The van der Waals surface area contributed by atoms with Crippen LogP contribution in [0.4, 0.5) is 28.0 Å². The fourth-order valence-electron chi connectivity index (χ4n) is 6.15. The highest BCUT2D eigenvalue weighted by Gasteiger charge is 2.47. The monoisotopic (exact) mass is 549 g/mol. The van der Waals surface area contributed by atoms with Crippen LogP contribution < -0.4 is 9.64 Å². The standard InChI is InChI=1S/C28H31F4N3O4/c1-2-38-26(37)34-13-9-21(10-14-34)33-15-11-27(12-16-33)18-35(24-8-5-20(29)17-23(24)27)25(36)19-3-6-22(7-4-19)39-28(30,31)32/h3-8,17,21H,2,9-16,18H2,1H3. The molecule has 2 fully saturated rings. The minimum atomic E-state index is -4.82. The van der Waals surface area contributed by atoms with E-state index in [4.69, 9.17) is 4.74 Å². The van der Waals surface area contributed by atoms with Crippen LogP contribution in [0.15, 0.2) is 42.5 Å². The Morgan fingerprint density at radius 3 is 2.28 bits per heavy atom. The molecule has 0 atom stereocenters. The number of benzene rings is 2. The molecule has 2 aromatic carbocycles. The van der Waals surface area contributed by atoms with E-state index in [9.17, 15) is 27.2 Å². The molecule has 2 saturated heterocycles. The Morgan fingerprint density at radius 2 is 1.67 bits per heavy atom. The molecule has 0 saturated carbocycles. The topological polar surface area (TPSA) is 62.3 Å². The largest absolute Gasteiger partial charge is 0.573 e. The molecule has 0 unspecified atom stereocenters. The first kappa shape index (κ1) is 27.2. The van der Waals surface area contributed by atoms with Crippen molar-refractivity contribution in [2.24, 2.45) is 0 Å². The number of anilines is 1. The zero-order valence-electron chi connectivity index (χ0n) is 21.7. The minimum Gasteiger partial charge on any atom is -0.450 e. The van der Waals surface area contributed by atoms with Crippen molar-refractivity contribution >= 4 is 17.7 Å². The van der Waals surface area contributed by atoms with Gasteiger partial charge in [0.2, 0.25) is 0 Å². The van der Waals surface area contributed by atoms with E-state index < -0.39 is 17.5 Å². The average molecular weight is 550 g/mol. The maximum atomic E-state index is 14.4. The number of hydrogen-bond donors (Lipinski definition) is 0. The van der Waals surface area contributed by atoms with Crippen LogP contribution in [0.3, 0.4) is 0 Å². The van der Waals surface area contributed by atoms with Gasteiger partial charge in [0.25, 0.3) is 5.91 Å². The smallest absolute Gasteiger partial charge is 0.450 e. The summed E-state index contributed by atoms with van der Waals surface area (Å²) in [5.74, 6) is -1.13. The molecule has 0 aliphatic carbocycles. The van der Waals surface area contributed by atoms with E-state index in [0.29, 0.717) is 38.0 Å². The van der Waals surface area contributed by atoms with Gasteiger partial charge in [-0.15, -0.1) is 13.2 Å². The third-order valence-electron chi connectivity index (χ3n) is 8.12. The summed E-state index contributed by atoms with van der Waals surface area (Å²) in [6.07, 6.45) is -1.90. The Hall–Kier alpha value is -3.34. The van der Waals surface area contributed by atoms with Gasteiger partial charge in [-0.05, 0) is 93.7 Å². The normalized spacial score (nSPS) is 19.7. The molecule has 7 nitrogen and oxygen atoms in total. The van der Waals surface area contributed by atoms with Crippen molar-refractivity contribution < 1.29 is 36.6 Å². The maximum absolute atomic E-state index is 14.4. The number of carbonyl (C=O) groups is 2. The van der Waals surface area contributed by atoms with E-state index in [1.54, 1.807) is 22.8 Å². The SMILES string of the molecule is CCOC(=O)N1CCC(N2CCC3(CC2)CN(C(=O)c2ccc(OC(F)(F)F)cc2)c2ccc(F)cc23)CC1. The molecule has 2 aromatic rings. The van der Waals surface area contributed by atoms with Gasteiger partial charge in [-0.1, -0.05) is 0 Å². The van der Waals surface area contributed by atoms with Gasteiger partial charge >= 0.3 is 12.5 Å². The van der Waals surface area contributed by atoms with Crippen molar-refractivity contribution in [1.82, 2.24) is 9.80 Å². The van der Waals surface area contributed by atoms with E-state index in [1.807, 2.05) is 0 Å². The van der Waals surface area contributed by atoms with Crippen molar-refractivity contribution in [3.8, 4) is 5.75 Å². The van der Waals surface area contributed by atoms with Gasteiger partial charge in [0, 0.05) is 42.3 Å². The first-order valence-electron chi connectivity index (χ1n) is 13.2. The van der Waals surface area contributed by atoms with Crippen LogP contribution in [-0.4, -0.2) is 73.5 Å². The molecule has 2 amide bonds. The number of ether oxygens (including phenoxy) is 2. The van der Waals surface area contributed by atoms with E-state index in [-0.39, 0.29) is 23.4 Å². The average Bonchev–Trinajstić information content (AvgIpc) is 3.21. The molecule has 39 heavy (non-hydrogen) atoms. The molecule has 11 heteroatoms. The predicted octanol–water partition coefficient (Wildman–Crippen LogP) is 5.34. The summed E-state index contributed by atoms with van der Waals surface area (Å²) in [6.45, 7) is 5.38. The molecule has 1 spiro atoms. The first-order valence-corrected chi connectivity index (χ1v) is 13.2. The number of piperidine rings is 2. The Morgan fingerprint density at radius 1 is 1.00 bits per heavy atom. The number of carbonyl (C=O) groups excluding carboxylic acids is 2. The van der Waals surface area contributed by atoms with Crippen LogP contribution in [0.2, 0.25) is 0 Å². The van der Waals surface area contributed by atoms with Crippen LogP contribution in [0.25, 0.3) is 0 Å². The summed E-state index contributed by atoms with van der Waals surface area (Å²) in [5.41, 5.74) is 1.25. The molecule has 0 bridgehead atoms. The van der Waals surface area contributed by atoms with Gasteiger partial charge in [0.15, 0.2) is 0 Å². The second-order valence-corrected chi connectivity index (χ2v) is 10.4. The van der Waals surface area contributed by atoms with Crippen LogP contribution in [0, 0.1) is 5.82 Å². The summed E-state index contributed by atoms with van der Waals surface area (Å²) in [4.78, 5) is 31.3. The van der Waals surface area contributed by atoms with E-state index in [0.717, 1.165) is 56.5 Å². The fourth-order valence-corrected chi connectivity index (χ4v) is 6.15. The summed E-state index contributed by atoms with van der Waals surface area (Å²) >= 11 is 0. The maximum Gasteiger partial charge on any atom is 0.573 e. The third-order valence-corrected chi connectivity index (χ3v) is 8.12. The summed E-state index contributed by atoms with van der Waals surface area (Å²) in [6, 6.07) is 9.63. The third kappa shape index (κ3) is 5.68. The highest BCUT2D eigenvalue weighted by atomic mass is 19.4. The number of likely N-dealkylation sites (tertiary alicyclic amines) is 2. The van der Waals surface area contributed by atoms with Gasteiger partial charge in [-0.25, -0.2) is 9.18 Å². The minimum absolute atomic E-state index is 0.225. The van der Waals surface area contributed by atoms with Crippen LogP contribution in [-0.2, 0) is 10.2 Å². The van der Waals surface area contributed by atoms with Crippen LogP contribution in [0.5, 0.6) is 5.75 Å². The number of amides is 2. The first-order chi connectivity index (χ1) is 18.6. The van der Waals surface area contributed by atoms with Gasteiger partial charge in [-0.3, -0.25) is 4.79 Å². The van der Waals surface area contributed by atoms with Crippen LogP contribution in [0.1, 0.15) is 48.5 Å². The molecule has 3 aliphatic heterocycles. The zero-order chi connectivity index (χ0) is 27.8. The van der Waals surface area contributed by atoms with Gasteiger partial charge in [0.05, 0.1) is 6.61 Å². The highest BCUT2D eigenvalue weighted by Crippen LogP contribution is 2.48. The van der Waals surface area contributed by atoms with E-state index in [1.165, 1.54) is 24.3 Å². The quantitative estimate of drug-likeness (QED) is 0.482. The number of rotatable bonds is 4. The molecule has 0 N–H and O–H groups in total. The highest BCUT2D eigenvalue weighted by molar-refractivity contribution is 6.07. The molecule has 5 rings (SSSR count). The van der Waals surface area contributed by atoms with Crippen molar-refractivity contribution in [1.29, 1.82) is 0 Å². The van der Waals surface area contributed by atoms with Gasteiger partial charge < -0.3 is 24.2 Å². The number of fused-ring (bicyclic) bond motifs is 2. The molecular formula is C28H31F4N3O4.